The fourth-order valence-corrected chi connectivity index (χ4v) is 2.92. The van der Waals surface area contributed by atoms with Crippen molar-refractivity contribution in [3.8, 4) is 5.75 Å². The third-order valence-electron chi connectivity index (χ3n) is 3.53. The Hall–Kier alpha value is -2.70. The molecule has 0 aliphatic carbocycles. The van der Waals surface area contributed by atoms with E-state index in [9.17, 15) is 8.42 Å². The predicted molar refractivity (Wildman–Crippen MR) is 90.2 cm³/mol. The second-order valence-electron chi connectivity index (χ2n) is 5.18. The van der Waals surface area contributed by atoms with Gasteiger partial charge in [0.2, 0.25) is 0 Å². The van der Waals surface area contributed by atoms with Crippen LogP contribution in [0.3, 0.4) is 0 Å². The number of hydrogen-bond donors (Lipinski definition) is 1. The van der Waals surface area contributed by atoms with Gasteiger partial charge < -0.3 is 4.18 Å². The van der Waals surface area contributed by atoms with Crippen LogP contribution < -0.4 is 4.18 Å². The first-order valence-corrected chi connectivity index (χ1v) is 8.62. The fourth-order valence-electron chi connectivity index (χ4n) is 2.56. The maximum Gasteiger partial charge on any atom is 0.446 e. The topological polar surface area (TPSA) is 76.5 Å². The van der Waals surface area contributed by atoms with Crippen molar-refractivity contribution in [2.75, 3.05) is 0 Å². The van der Waals surface area contributed by atoms with Crippen LogP contribution in [0.4, 0.5) is 0 Å². The SMILES string of the molecule is O=S(=O)(O)Oc1ccc(C(c2ccccc2)c2ccccn2)cc1. The van der Waals surface area contributed by atoms with Crippen LogP contribution in [0.1, 0.15) is 22.7 Å². The van der Waals surface area contributed by atoms with E-state index in [-0.39, 0.29) is 11.7 Å². The van der Waals surface area contributed by atoms with Gasteiger partial charge in [0.05, 0.1) is 11.6 Å². The van der Waals surface area contributed by atoms with Gasteiger partial charge in [-0.25, -0.2) is 0 Å². The molecule has 0 aliphatic rings. The van der Waals surface area contributed by atoms with Crippen LogP contribution in [0.2, 0.25) is 0 Å². The van der Waals surface area contributed by atoms with Gasteiger partial charge in [0.25, 0.3) is 0 Å². The average Bonchev–Trinajstić information content (AvgIpc) is 2.57. The van der Waals surface area contributed by atoms with E-state index in [4.69, 9.17) is 4.55 Å². The molecule has 24 heavy (non-hydrogen) atoms. The van der Waals surface area contributed by atoms with Crippen LogP contribution >= 0.6 is 0 Å². The molecule has 122 valence electrons. The van der Waals surface area contributed by atoms with Crippen LogP contribution in [0.15, 0.2) is 79.0 Å². The molecule has 0 bridgehead atoms. The van der Waals surface area contributed by atoms with Crippen molar-refractivity contribution in [1.82, 2.24) is 4.98 Å². The summed E-state index contributed by atoms with van der Waals surface area (Å²) in [5.74, 6) is -0.0405. The Kier molecular flexibility index (Phi) is 4.59. The summed E-state index contributed by atoms with van der Waals surface area (Å²) in [6.45, 7) is 0. The van der Waals surface area contributed by atoms with Crippen molar-refractivity contribution in [2.24, 2.45) is 0 Å². The molecule has 1 heterocycles. The molecule has 0 amide bonds. The maximum atomic E-state index is 10.8. The summed E-state index contributed by atoms with van der Waals surface area (Å²) in [5.41, 5.74) is 2.88. The minimum atomic E-state index is -4.53. The van der Waals surface area contributed by atoms with E-state index in [2.05, 4.69) is 9.17 Å². The van der Waals surface area contributed by atoms with Crippen molar-refractivity contribution in [2.45, 2.75) is 5.92 Å². The first-order valence-electron chi connectivity index (χ1n) is 7.26. The van der Waals surface area contributed by atoms with Crippen molar-refractivity contribution >= 4 is 10.4 Å². The lowest BCUT2D eigenvalue weighted by molar-refractivity contribution is 0.387. The molecular formula is C18H15NO4S. The Labute approximate surface area is 140 Å². The smallest absolute Gasteiger partial charge is 0.362 e. The lowest BCUT2D eigenvalue weighted by Crippen LogP contribution is -2.08. The molecule has 2 aromatic carbocycles. The molecule has 3 aromatic rings. The van der Waals surface area contributed by atoms with E-state index < -0.39 is 10.4 Å². The lowest BCUT2D eigenvalue weighted by atomic mass is 9.88. The second kappa shape index (κ2) is 6.82. The summed E-state index contributed by atoms with van der Waals surface area (Å²) < 4.78 is 34.8. The first kappa shape index (κ1) is 16.2. The highest BCUT2D eigenvalue weighted by Gasteiger charge is 2.18. The van der Waals surface area contributed by atoms with Gasteiger partial charge in [-0.3, -0.25) is 9.54 Å². The molecule has 0 radical (unpaired) electrons. The Morgan fingerprint density at radius 2 is 1.46 bits per heavy atom. The Morgan fingerprint density at radius 3 is 2.04 bits per heavy atom. The highest BCUT2D eigenvalue weighted by Crippen LogP contribution is 2.31. The summed E-state index contributed by atoms with van der Waals surface area (Å²) in [7, 11) is -4.53. The number of aromatic nitrogens is 1. The van der Waals surface area contributed by atoms with E-state index in [1.54, 1.807) is 18.3 Å². The van der Waals surface area contributed by atoms with E-state index in [0.29, 0.717) is 0 Å². The Morgan fingerprint density at radius 1 is 0.833 bits per heavy atom. The number of benzene rings is 2. The average molecular weight is 341 g/mol. The minimum Gasteiger partial charge on any atom is -0.362 e. The molecule has 1 aromatic heterocycles. The van der Waals surface area contributed by atoms with Crippen LogP contribution in [0.5, 0.6) is 5.75 Å². The molecule has 0 spiro atoms. The van der Waals surface area contributed by atoms with Crippen LogP contribution in [0, 0.1) is 0 Å². The first-order chi connectivity index (χ1) is 11.5. The van der Waals surface area contributed by atoms with Crippen molar-refractivity contribution < 1.29 is 17.2 Å². The molecule has 1 N–H and O–H groups in total. The van der Waals surface area contributed by atoms with Gasteiger partial charge in [0.15, 0.2) is 0 Å². The van der Waals surface area contributed by atoms with Crippen LogP contribution in [0.25, 0.3) is 0 Å². The normalized spacial score (nSPS) is 12.5. The van der Waals surface area contributed by atoms with Crippen molar-refractivity contribution in [1.29, 1.82) is 0 Å². The third-order valence-corrected chi connectivity index (χ3v) is 3.93. The predicted octanol–water partition coefficient (Wildman–Crippen LogP) is 3.44. The van der Waals surface area contributed by atoms with Gasteiger partial charge in [0.1, 0.15) is 5.75 Å². The number of nitrogens with zero attached hydrogens (tertiary/aromatic N) is 1. The van der Waals surface area contributed by atoms with Crippen LogP contribution in [-0.4, -0.2) is 18.0 Å². The molecule has 0 fully saturated rings. The summed E-state index contributed by atoms with van der Waals surface area (Å²) >= 11 is 0. The summed E-state index contributed by atoms with van der Waals surface area (Å²) in [6.07, 6.45) is 1.74. The summed E-state index contributed by atoms with van der Waals surface area (Å²) in [6, 6.07) is 22.1. The molecule has 6 heteroatoms. The Balaban J connectivity index is 2.00. The molecular weight excluding hydrogens is 326 g/mol. The van der Waals surface area contributed by atoms with Gasteiger partial charge in [-0.05, 0) is 35.4 Å². The minimum absolute atomic E-state index is 0.0501. The molecule has 0 aliphatic heterocycles. The number of pyridine rings is 1. The van der Waals surface area contributed by atoms with Crippen LogP contribution in [-0.2, 0) is 10.4 Å². The molecule has 0 saturated heterocycles. The van der Waals surface area contributed by atoms with E-state index >= 15 is 0 Å². The molecule has 1 atom stereocenters. The van der Waals surface area contributed by atoms with Gasteiger partial charge in [-0.15, -0.1) is 0 Å². The van der Waals surface area contributed by atoms with Gasteiger partial charge >= 0.3 is 10.4 Å². The lowest BCUT2D eigenvalue weighted by Gasteiger charge is -2.18. The largest absolute Gasteiger partial charge is 0.446 e. The van der Waals surface area contributed by atoms with Crippen molar-refractivity contribution in [3.05, 3.63) is 95.8 Å². The quantitative estimate of drug-likeness (QED) is 0.719. The molecule has 1 unspecified atom stereocenters. The highest BCUT2D eigenvalue weighted by molar-refractivity contribution is 7.81. The summed E-state index contributed by atoms with van der Waals surface area (Å²) in [5, 5.41) is 0. The summed E-state index contributed by atoms with van der Waals surface area (Å²) in [4.78, 5) is 4.45. The number of hydrogen-bond acceptors (Lipinski definition) is 4. The zero-order valence-corrected chi connectivity index (χ0v) is 13.4. The van der Waals surface area contributed by atoms with Gasteiger partial charge in [-0.1, -0.05) is 48.5 Å². The second-order valence-corrected chi connectivity index (χ2v) is 6.20. The maximum absolute atomic E-state index is 10.8. The fraction of sp³-hybridized carbons (Fsp3) is 0.0556. The van der Waals surface area contributed by atoms with E-state index in [1.165, 1.54) is 12.1 Å². The zero-order chi connectivity index (χ0) is 17.0. The molecule has 3 rings (SSSR count). The molecule has 0 saturated carbocycles. The van der Waals surface area contributed by atoms with E-state index in [0.717, 1.165) is 16.8 Å². The zero-order valence-electron chi connectivity index (χ0n) is 12.6. The number of rotatable bonds is 5. The van der Waals surface area contributed by atoms with Gasteiger partial charge in [-0.2, -0.15) is 8.42 Å². The highest BCUT2D eigenvalue weighted by atomic mass is 32.3. The van der Waals surface area contributed by atoms with E-state index in [1.807, 2.05) is 48.5 Å². The van der Waals surface area contributed by atoms with Crippen molar-refractivity contribution in [3.63, 3.8) is 0 Å². The molecule has 5 nitrogen and oxygen atoms in total. The van der Waals surface area contributed by atoms with Gasteiger partial charge in [0, 0.05) is 6.20 Å². The monoisotopic (exact) mass is 341 g/mol. The third kappa shape index (κ3) is 3.98. The Bertz CT molecular complexity index is 855. The standard InChI is InChI=1S/C18H15NO4S/c20-24(21,22)23-16-11-9-15(10-12-16)18(14-6-2-1-3-7-14)17-8-4-5-13-19-17/h1-13,18H,(H,20,21,22).